The Labute approximate surface area is 123 Å². The van der Waals surface area contributed by atoms with Crippen LogP contribution in [-0.4, -0.2) is 13.7 Å². The lowest BCUT2D eigenvalue weighted by atomic mass is 10.0. The minimum atomic E-state index is 0.800. The van der Waals surface area contributed by atoms with Gasteiger partial charge in [0, 0.05) is 18.3 Å². The first-order chi connectivity index (χ1) is 9.63. The van der Waals surface area contributed by atoms with E-state index in [2.05, 4.69) is 19.2 Å². The SMILES string of the molecule is COc1ccc(CNCCCCCCC(C)C)c(N)c1. The predicted molar refractivity (Wildman–Crippen MR) is 87.0 cm³/mol. The Morgan fingerprint density at radius 3 is 2.55 bits per heavy atom. The van der Waals surface area contributed by atoms with Gasteiger partial charge in [0.1, 0.15) is 5.75 Å². The van der Waals surface area contributed by atoms with Crippen LogP contribution in [0.25, 0.3) is 0 Å². The summed E-state index contributed by atoms with van der Waals surface area (Å²) in [6, 6.07) is 5.87. The zero-order chi connectivity index (χ0) is 14.8. The normalized spacial score (nSPS) is 11.0. The van der Waals surface area contributed by atoms with Crippen molar-refractivity contribution in [3.05, 3.63) is 23.8 Å². The topological polar surface area (TPSA) is 47.3 Å². The Kier molecular flexibility index (Phi) is 8.12. The molecule has 0 bridgehead atoms. The van der Waals surface area contributed by atoms with E-state index < -0.39 is 0 Å². The Morgan fingerprint density at radius 2 is 1.90 bits per heavy atom. The summed E-state index contributed by atoms with van der Waals surface area (Å²) in [5, 5.41) is 3.46. The molecular weight excluding hydrogens is 248 g/mol. The Balaban J connectivity index is 2.09. The number of nitrogens with one attached hydrogen (secondary N) is 1. The van der Waals surface area contributed by atoms with Crippen LogP contribution < -0.4 is 15.8 Å². The average molecular weight is 278 g/mol. The molecule has 114 valence electrons. The van der Waals surface area contributed by atoms with Gasteiger partial charge < -0.3 is 15.8 Å². The van der Waals surface area contributed by atoms with Crippen molar-refractivity contribution < 1.29 is 4.74 Å². The highest BCUT2D eigenvalue weighted by molar-refractivity contribution is 5.51. The molecule has 0 aliphatic rings. The zero-order valence-electron chi connectivity index (χ0n) is 13.2. The standard InChI is InChI=1S/C17H30N2O/c1-14(2)8-6-4-5-7-11-19-13-15-9-10-16(20-3)12-17(15)18/h9-10,12,14,19H,4-8,11,13,18H2,1-3H3. The molecule has 1 rings (SSSR count). The van der Waals surface area contributed by atoms with Crippen LogP contribution in [0.4, 0.5) is 5.69 Å². The van der Waals surface area contributed by atoms with Crippen LogP contribution in [-0.2, 0) is 6.54 Å². The number of unbranched alkanes of at least 4 members (excludes halogenated alkanes) is 3. The minimum Gasteiger partial charge on any atom is -0.497 e. The highest BCUT2D eigenvalue weighted by Gasteiger charge is 2.01. The average Bonchev–Trinajstić information content (AvgIpc) is 2.42. The van der Waals surface area contributed by atoms with Crippen LogP contribution in [0.2, 0.25) is 0 Å². The lowest BCUT2D eigenvalue weighted by molar-refractivity contribution is 0.415. The maximum atomic E-state index is 5.99. The van der Waals surface area contributed by atoms with E-state index in [1.807, 2.05) is 18.2 Å². The van der Waals surface area contributed by atoms with E-state index in [0.29, 0.717) is 0 Å². The van der Waals surface area contributed by atoms with Gasteiger partial charge in [0.25, 0.3) is 0 Å². The third-order valence-electron chi connectivity index (χ3n) is 3.55. The summed E-state index contributed by atoms with van der Waals surface area (Å²) in [6.07, 6.45) is 6.63. The lowest BCUT2D eigenvalue weighted by Gasteiger charge is -2.09. The van der Waals surface area contributed by atoms with Gasteiger partial charge in [-0.15, -0.1) is 0 Å². The van der Waals surface area contributed by atoms with Gasteiger partial charge in [0.15, 0.2) is 0 Å². The van der Waals surface area contributed by atoms with Crippen molar-refractivity contribution in [2.24, 2.45) is 5.92 Å². The molecule has 0 unspecified atom stereocenters. The number of benzene rings is 1. The molecule has 20 heavy (non-hydrogen) atoms. The maximum Gasteiger partial charge on any atom is 0.120 e. The first kappa shape index (κ1) is 16.8. The van der Waals surface area contributed by atoms with Gasteiger partial charge in [-0.05, 0) is 30.5 Å². The van der Waals surface area contributed by atoms with Crippen molar-refractivity contribution in [2.45, 2.75) is 52.5 Å². The van der Waals surface area contributed by atoms with E-state index in [9.17, 15) is 0 Å². The Bertz CT molecular complexity index is 377. The van der Waals surface area contributed by atoms with E-state index in [-0.39, 0.29) is 0 Å². The highest BCUT2D eigenvalue weighted by atomic mass is 16.5. The highest BCUT2D eigenvalue weighted by Crippen LogP contribution is 2.19. The van der Waals surface area contributed by atoms with E-state index in [4.69, 9.17) is 10.5 Å². The number of hydrogen-bond acceptors (Lipinski definition) is 3. The molecule has 0 aliphatic heterocycles. The number of nitrogen functional groups attached to an aromatic ring is 1. The zero-order valence-corrected chi connectivity index (χ0v) is 13.2. The summed E-state index contributed by atoms with van der Waals surface area (Å²) >= 11 is 0. The van der Waals surface area contributed by atoms with Crippen LogP contribution in [0.15, 0.2) is 18.2 Å². The van der Waals surface area contributed by atoms with E-state index in [1.165, 1.54) is 32.1 Å². The maximum absolute atomic E-state index is 5.99. The van der Waals surface area contributed by atoms with Crippen molar-refractivity contribution in [3.63, 3.8) is 0 Å². The van der Waals surface area contributed by atoms with Gasteiger partial charge in [-0.2, -0.15) is 0 Å². The number of hydrogen-bond donors (Lipinski definition) is 2. The van der Waals surface area contributed by atoms with Crippen LogP contribution in [0, 0.1) is 5.92 Å². The first-order valence-corrected chi connectivity index (χ1v) is 7.76. The molecule has 0 saturated heterocycles. The number of methoxy groups -OCH3 is 1. The molecule has 3 nitrogen and oxygen atoms in total. The second-order valence-corrected chi connectivity index (χ2v) is 5.84. The molecule has 0 saturated carbocycles. The lowest BCUT2D eigenvalue weighted by Crippen LogP contribution is -2.15. The van der Waals surface area contributed by atoms with Gasteiger partial charge in [0.05, 0.1) is 7.11 Å². The van der Waals surface area contributed by atoms with E-state index in [1.54, 1.807) is 7.11 Å². The van der Waals surface area contributed by atoms with Gasteiger partial charge in [0.2, 0.25) is 0 Å². The molecule has 0 heterocycles. The number of ether oxygens (including phenoxy) is 1. The third-order valence-corrected chi connectivity index (χ3v) is 3.55. The summed E-state index contributed by atoms with van der Waals surface area (Å²) in [4.78, 5) is 0. The van der Waals surface area contributed by atoms with Crippen molar-refractivity contribution >= 4 is 5.69 Å². The van der Waals surface area contributed by atoms with Gasteiger partial charge in [-0.3, -0.25) is 0 Å². The molecule has 0 aliphatic carbocycles. The van der Waals surface area contributed by atoms with E-state index in [0.717, 1.165) is 36.0 Å². The molecule has 0 radical (unpaired) electrons. The number of nitrogens with two attached hydrogens (primary N) is 1. The van der Waals surface area contributed by atoms with Crippen LogP contribution in [0.5, 0.6) is 5.75 Å². The van der Waals surface area contributed by atoms with Gasteiger partial charge in [-0.25, -0.2) is 0 Å². The molecule has 0 amide bonds. The van der Waals surface area contributed by atoms with Crippen LogP contribution in [0.3, 0.4) is 0 Å². The molecule has 0 atom stereocenters. The summed E-state index contributed by atoms with van der Waals surface area (Å²) < 4.78 is 5.15. The second kappa shape index (κ2) is 9.65. The first-order valence-electron chi connectivity index (χ1n) is 7.76. The summed E-state index contributed by atoms with van der Waals surface area (Å²) in [7, 11) is 1.66. The molecular formula is C17H30N2O. The fourth-order valence-electron chi connectivity index (χ4n) is 2.24. The predicted octanol–water partition coefficient (Wildman–Crippen LogP) is 3.97. The number of rotatable bonds is 10. The summed E-state index contributed by atoms with van der Waals surface area (Å²) in [5.74, 6) is 1.66. The summed E-state index contributed by atoms with van der Waals surface area (Å²) in [6.45, 7) is 6.48. The Morgan fingerprint density at radius 1 is 1.15 bits per heavy atom. The molecule has 3 heteroatoms. The molecule has 0 aromatic heterocycles. The second-order valence-electron chi connectivity index (χ2n) is 5.84. The fraction of sp³-hybridized carbons (Fsp3) is 0.647. The number of anilines is 1. The van der Waals surface area contributed by atoms with Crippen molar-refractivity contribution in [1.82, 2.24) is 5.32 Å². The third kappa shape index (κ3) is 6.80. The minimum absolute atomic E-state index is 0.800. The van der Waals surface area contributed by atoms with Crippen LogP contribution in [0.1, 0.15) is 51.5 Å². The van der Waals surface area contributed by atoms with Crippen molar-refractivity contribution in [3.8, 4) is 5.75 Å². The molecule has 1 aromatic rings. The van der Waals surface area contributed by atoms with E-state index >= 15 is 0 Å². The molecule has 1 aromatic carbocycles. The van der Waals surface area contributed by atoms with Crippen LogP contribution >= 0.6 is 0 Å². The van der Waals surface area contributed by atoms with Crippen molar-refractivity contribution in [1.29, 1.82) is 0 Å². The molecule has 0 spiro atoms. The quantitative estimate of drug-likeness (QED) is 0.503. The molecule has 0 fully saturated rings. The fourth-order valence-corrected chi connectivity index (χ4v) is 2.24. The smallest absolute Gasteiger partial charge is 0.120 e. The van der Waals surface area contributed by atoms with Gasteiger partial charge >= 0.3 is 0 Å². The summed E-state index contributed by atoms with van der Waals surface area (Å²) in [5.41, 5.74) is 7.93. The largest absolute Gasteiger partial charge is 0.497 e. The van der Waals surface area contributed by atoms with Crippen molar-refractivity contribution in [2.75, 3.05) is 19.4 Å². The van der Waals surface area contributed by atoms with Gasteiger partial charge in [-0.1, -0.05) is 45.6 Å². The monoisotopic (exact) mass is 278 g/mol. The Hall–Kier alpha value is -1.22. The molecule has 3 N–H and O–H groups in total.